The Balaban J connectivity index is 1.27. The van der Waals surface area contributed by atoms with Gasteiger partial charge in [-0.15, -0.1) is 0 Å². The maximum Gasteiger partial charge on any atom is 0.248 e. The lowest BCUT2D eigenvalue weighted by atomic mass is 10.1. The monoisotopic (exact) mass is 543 g/mol. The van der Waals surface area contributed by atoms with Crippen molar-refractivity contribution in [2.24, 2.45) is 0 Å². The van der Waals surface area contributed by atoms with Crippen LogP contribution in [0.1, 0.15) is 36.0 Å². The van der Waals surface area contributed by atoms with Gasteiger partial charge >= 0.3 is 0 Å². The molecule has 2 heterocycles. The van der Waals surface area contributed by atoms with Crippen LogP contribution >= 0.6 is 0 Å². The van der Waals surface area contributed by atoms with Crippen molar-refractivity contribution in [1.82, 2.24) is 14.1 Å². The molecule has 1 amide bonds. The van der Waals surface area contributed by atoms with Crippen molar-refractivity contribution in [1.29, 1.82) is 0 Å². The summed E-state index contributed by atoms with van der Waals surface area (Å²) in [6.07, 6.45) is 3.49. The van der Waals surface area contributed by atoms with E-state index in [-0.39, 0.29) is 25.2 Å². The fraction of sp³-hybridized carbons (Fsp3) is 0.552. The first-order valence-electron chi connectivity index (χ1n) is 13.6. The molecule has 0 spiro atoms. The molecule has 1 atom stereocenters. The zero-order valence-electron chi connectivity index (χ0n) is 22.9. The van der Waals surface area contributed by atoms with Gasteiger partial charge in [-0.25, -0.2) is 8.42 Å². The molecule has 2 aliphatic heterocycles. The number of piperazine rings is 1. The molecule has 2 fully saturated rings. The number of carbonyl (C=O) groups is 1. The van der Waals surface area contributed by atoms with Crippen LogP contribution in [0, 0.1) is 13.8 Å². The summed E-state index contributed by atoms with van der Waals surface area (Å²) in [6.45, 7) is 8.35. The number of methoxy groups -OCH3 is 1. The average molecular weight is 544 g/mol. The maximum atomic E-state index is 13.7. The third-order valence-electron chi connectivity index (χ3n) is 7.63. The van der Waals surface area contributed by atoms with Crippen LogP contribution in [0.3, 0.4) is 0 Å². The summed E-state index contributed by atoms with van der Waals surface area (Å²) in [5.74, 6) is 0.618. The van der Waals surface area contributed by atoms with Crippen LogP contribution in [0.4, 0.5) is 0 Å². The zero-order chi connectivity index (χ0) is 27.1. The molecule has 0 saturated carbocycles. The predicted octanol–water partition coefficient (Wildman–Crippen LogP) is 3.26. The van der Waals surface area contributed by atoms with E-state index in [4.69, 9.17) is 9.47 Å². The van der Waals surface area contributed by atoms with Crippen LogP contribution in [-0.4, -0.2) is 94.1 Å². The van der Waals surface area contributed by atoms with Gasteiger partial charge in [-0.05, 0) is 61.9 Å². The van der Waals surface area contributed by atoms with E-state index >= 15 is 0 Å². The van der Waals surface area contributed by atoms with Gasteiger partial charge in [0.2, 0.25) is 15.9 Å². The highest BCUT2D eigenvalue weighted by Gasteiger charge is 2.36. The van der Waals surface area contributed by atoms with Crippen LogP contribution in [0.25, 0.3) is 0 Å². The van der Waals surface area contributed by atoms with Crippen molar-refractivity contribution in [3.8, 4) is 5.75 Å². The summed E-state index contributed by atoms with van der Waals surface area (Å²) < 4.78 is 40.1. The molecule has 9 heteroatoms. The second-order valence-electron chi connectivity index (χ2n) is 10.3. The molecule has 2 aliphatic rings. The Kier molecular flexibility index (Phi) is 9.81. The molecule has 2 aromatic rings. The molecular weight excluding hydrogens is 502 g/mol. The summed E-state index contributed by atoms with van der Waals surface area (Å²) in [4.78, 5) is 17.4. The number of nitrogens with zero attached hydrogens (tertiary/aromatic N) is 3. The summed E-state index contributed by atoms with van der Waals surface area (Å²) in [5.41, 5.74) is 2.67. The number of sulfonamides is 1. The summed E-state index contributed by atoms with van der Waals surface area (Å²) in [6, 6.07) is 13.7. The minimum atomic E-state index is -3.70. The van der Waals surface area contributed by atoms with Crippen molar-refractivity contribution in [2.75, 3.05) is 59.6 Å². The molecule has 0 N–H and O–H groups in total. The largest absolute Gasteiger partial charge is 0.497 e. The summed E-state index contributed by atoms with van der Waals surface area (Å²) >= 11 is 0. The fourth-order valence-electron chi connectivity index (χ4n) is 5.54. The number of ether oxygens (including phenoxy) is 2. The number of hydrogen-bond donors (Lipinski definition) is 0. The predicted molar refractivity (Wildman–Crippen MR) is 148 cm³/mol. The first-order chi connectivity index (χ1) is 18.3. The fourth-order valence-corrected chi connectivity index (χ4v) is 7.63. The van der Waals surface area contributed by atoms with Gasteiger partial charge in [-0.2, -0.15) is 4.31 Å². The minimum absolute atomic E-state index is 0.0189. The molecule has 0 radical (unpaired) electrons. The van der Waals surface area contributed by atoms with E-state index in [9.17, 15) is 13.2 Å². The number of amides is 1. The lowest BCUT2D eigenvalue weighted by molar-refractivity contribution is -0.138. The molecule has 1 unspecified atom stereocenters. The van der Waals surface area contributed by atoms with Gasteiger partial charge < -0.3 is 14.4 Å². The molecule has 38 heavy (non-hydrogen) atoms. The number of aryl methyl sites for hydroxylation is 2. The highest BCUT2D eigenvalue weighted by atomic mass is 32.2. The molecule has 0 bridgehead atoms. The topological polar surface area (TPSA) is 79.4 Å². The van der Waals surface area contributed by atoms with Gasteiger partial charge in [0.1, 0.15) is 12.4 Å². The Morgan fingerprint density at radius 2 is 1.66 bits per heavy atom. The zero-order valence-corrected chi connectivity index (χ0v) is 23.7. The van der Waals surface area contributed by atoms with Crippen molar-refractivity contribution in [3.63, 3.8) is 0 Å². The van der Waals surface area contributed by atoms with Gasteiger partial charge in [0, 0.05) is 45.3 Å². The SMILES string of the molecule is COc1cc(C)c(S(=O)(=O)N2CCCCC2COCC(=O)N2CCN(CCc3ccccc3)CC2)c(C)c1. The van der Waals surface area contributed by atoms with Crippen molar-refractivity contribution in [3.05, 3.63) is 59.2 Å². The van der Waals surface area contributed by atoms with Crippen molar-refractivity contribution < 1.29 is 22.7 Å². The normalized spacial score (nSPS) is 19.4. The van der Waals surface area contributed by atoms with Gasteiger partial charge in [-0.3, -0.25) is 9.69 Å². The standard InChI is InChI=1S/C29H41N3O5S/c1-23-19-27(36-3)20-24(2)29(23)38(34,35)32-13-8-7-11-26(32)21-37-22-28(33)31-17-15-30(16-18-31)14-12-25-9-5-4-6-10-25/h4-6,9-10,19-20,26H,7-8,11-18,21-22H2,1-3H3. The lowest BCUT2D eigenvalue weighted by Crippen LogP contribution is -2.50. The van der Waals surface area contributed by atoms with E-state index in [1.54, 1.807) is 37.4 Å². The van der Waals surface area contributed by atoms with Crippen molar-refractivity contribution in [2.45, 2.75) is 50.5 Å². The third-order valence-corrected chi connectivity index (χ3v) is 9.89. The Morgan fingerprint density at radius 1 is 0.974 bits per heavy atom. The Labute approximate surface area is 227 Å². The highest BCUT2D eigenvalue weighted by Crippen LogP contribution is 2.32. The minimum Gasteiger partial charge on any atom is -0.497 e. The smallest absolute Gasteiger partial charge is 0.248 e. The van der Waals surface area contributed by atoms with Gasteiger partial charge in [0.25, 0.3) is 0 Å². The van der Waals surface area contributed by atoms with Gasteiger partial charge in [0.15, 0.2) is 0 Å². The van der Waals surface area contributed by atoms with E-state index in [0.29, 0.717) is 41.4 Å². The summed E-state index contributed by atoms with van der Waals surface area (Å²) in [7, 11) is -2.13. The van der Waals surface area contributed by atoms with E-state index in [1.807, 2.05) is 11.0 Å². The molecule has 0 aromatic heterocycles. The van der Waals surface area contributed by atoms with E-state index in [0.717, 1.165) is 45.3 Å². The highest BCUT2D eigenvalue weighted by molar-refractivity contribution is 7.89. The molecule has 2 aromatic carbocycles. The van der Waals surface area contributed by atoms with Crippen LogP contribution in [0.15, 0.2) is 47.4 Å². The summed E-state index contributed by atoms with van der Waals surface area (Å²) in [5, 5.41) is 0. The van der Waals surface area contributed by atoms with Crippen LogP contribution in [0.2, 0.25) is 0 Å². The first-order valence-corrected chi connectivity index (χ1v) is 15.0. The molecule has 0 aliphatic carbocycles. The molecule has 4 rings (SSSR count). The Hall–Kier alpha value is -2.46. The second kappa shape index (κ2) is 13.1. The maximum absolute atomic E-state index is 13.7. The average Bonchev–Trinajstić information content (AvgIpc) is 2.92. The van der Waals surface area contributed by atoms with E-state index < -0.39 is 10.0 Å². The number of hydrogen-bond acceptors (Lipinski definition) is 6. The number of rotatable bonds is 10. The Bertz CT molecular complexity index is 1160. The third kappa shape index (κ3) is 6.94. The van der Waals surface area contributed by atoms with Gasteiger partial charge in [0.05, 0.1) is 18.6 Å². The van der Waals surface area contributed by atoms with Crippen LogP contribution < -0.4 is 4.74 Å². The molecular formula is C29H41N3O5S. The van der Waals surface area contributed by atoms with Crippen LogP contribution in [0.5, 0.6) is 5.75 Å². The van der Waals surface area contributed by atoms with Crippen molar-refractivity contribution >= 4 is 15.9 Å². The van der Waals surface area contributed by atoms with E-state index in [1.165, 1.54) is 5.56 Å². The first kappa shape index (κ1) is 28.5. The Morgan fingerprint density at radius 3 is 2.32 bits per heavy atom. The van der Waals surface area contributed by atoms with Crippen LogP contribution in [-0.2, 0) is 26.0 Å². The van der Waals surface area contributed by atoms with E-state index in [2.05, 4.69) is 29.2 Å². The lowest BCUT2D eigenvalue weighted by Gasteiger charge is -2.36. The number of benzene rings is 2. The van der Waals surface area contributed by atoms with Gasteiger partial charge in [-0.1, -0.05) is 36.8 Å². The second-order valence-corrected chi connectivity index (χ2v) is 12.2. The molecule has 2 saturated heterocycles. The molecule has 8 nitrogen and oxygen atoms in total. The number of piperidine rings is 1. The quantitative estimate of drug-likeness (QED) is 0.458. The number of carbonyl (C=O) groups excluding carboxylic acids is 1. The molecule has 208 valence electrons.